The summed E-state index contributed by atoms with van der Waals surface area (Å²) in [7, 11) is 3.11. The molecule has 3 aromatic carbocycles. The van der Waals surface area contributed by atoms with Crippen LogP contribution in [0.4, 0.5) is 5.69 Å². The quantitative estimate of drug-likeness (QED) is 0.147. The Hall–Kier alpha value is -5.25. The number of cyclic esters (lactones) is 1. The van der Waals surface area contributed by atoms with E-state index in [1.165, 1.54) is 12.1 Å². The fourth-order valence-electron chi connectivity index (χ4n) is 4.09. The van der Waals surface area contributed by atoms with E-state index in [0.717, 1.165) is 11.3 Å². The van der Waals surface area contributed by atoms with Crippen molar-refractivity contribution in [2.24, 2.45) is 4.99 Å². The predicted octanol–water partition coefficient (Wildman–Crippen LogP) is 5.12. The number of hydrogen-bond acceptors (Lipinski definition) is 8. The maximum absolute atomic E-state index is 12.8. The average molecular weight is 511 g/mol. The van der Waals surface area contributed by atoms with Gasteiger partial charge in [0.1, 0.15) is 5.69 Å². The molecule has 1 aromatic heterocycles. The number of carbonyl (C=O) groups is 1. The summed E-state index contributed by atoms with van der Waals surface area (Å²) < 4.78 is 17.9. The van der Waals surface area contributed by atoms with E-state index in [1.54, 1.807) is 56.3 Å². The molecule has 0 aliphatic carbocycles. The van der Waals surface area contributed by atoms with E-state index in [0.29, 0.717) is 33.9 Å². The highest BCUT2D eigenvalue weighted by atomic mass is 16.6. The van der Waals surface area contributed by atoms with Gasteiger partial charge in [0.15, 0.2) is 17.2 Å². The van der Waals surface area contributed by atoms with Gasteiger partial charge in [0.25, 0.3) is 5.69 Å². The van der Waals surface area contributed by atoms with Crippen molar-refractivity contribution in [3.05, 3.63) is 105 Å². The summed E-state index contributed by atoms with van der Waals surface area (Å²) in [6.07, 6.45) is 3.40. The zero-order valence-corrected chi connectivity index (χ0v) is 20.7. The number of hydrogen-bond donors (Lipinski definition) is 0. The summed E-state index contributed by atoms with van der Waals surface area (Å²) >= 11 is 0. The van der Waals surface area contributed by atoms with E-state index >= 15 is 0 Å². The Morgan fingerprint density at radius 3 is 2.39 bits per heavy atom. The van der Waals surface area contributed by atoms with E-state index < -0.39 is 10.9 Å². The molecule has 0 radical (unpaired) electrons. The maximum atomic E-state index is 12.8. The van der Waals surface area contributed by atoms with Crippen LogP contribution in [0.5, 0.6) is 11.5 Å². The number of nitro groups is 1. The fourth-order valence-corrected chi connectivity index (χ4v) is 4.09. The zero-order valence-electron chi connectivity index (χ0n) is 20.7. The van der Waals surface area contributed by atoms with Crippen molar-refractivity contribution < 1.29 is 23.9 Å². The zero-order chi connectivity index (χ0) is 26.8. The molecule has 0 N–H and O–H groups in total. The molecule has 1 aliphatic rings. The number of ether oxygens (including phenoxy) is 3. The van der Waals surface area contributed by atoms with Gasteiger partial charge in [-0.3, -0.25) is 10.1 Å². The first-order valence-corrected chi connectivity index (χ1v) is 11.5. The lowest BCUT2D eigenvalue weighted by molar-refractivity contribution is -0.385. The van der Waals surface area contributed by atoms with Crippen molar-refractivity contribution in [1.82, 2.24) is 9.78 Å². The highest BCUT2D eigenvalue weighted by molar-refractivity contribution is 6.13. The van der Waals surface area contributed by atoms with Crippen molar-refractivity contribution in [3.63, 3.8) is 0 Å². The van der Waals surface area contributed by atoms with Gasteiger partial charge in [-0.25, -0.2) is 14.5 Å². The van der Waals surface area contributed by atoms with Crippen LogP contribution in [0.3, 0.4) is 0 Å². The second-order valence-electron chi connectivity index (χ2n) is 8.38. The summed E-state index contributed by atoms with van der Waals surface area (Å²) in [5, 5.41) is 15.9. The number of esters is 1. The predicted molar refractivity (Wildman–Crippen MR) is 141 cm³/mol. The number of methoxy groups -OCH3 is 2. The Kier molecular flexibility index (Phi) is 6.44. The Labute approximate surface area is 217 Å². The molecule has 10 nitrogen and oxygen atoms in total. The minimum Gasteiger partial charge on any atom is -0.493 e. The molecule has 0 saturated heterocycles. The maximum Gasteiger partial charge on any atom is 0.363 e. The normalized spacial score (nSPS) is 13.8. The van der Waals surface area contributed by atoms with E-state index in [9.17, 15) is 14.9 Å². The monoisotopic (exact) mass is 510 g/mol. The van der Waals surface area contributed by atoms with Crippen LogP contribution in [0.2, 0.25) is 0 Å². The standard InChI is InChI=1S/C28H22N4O6/c1-17-13-19(9-11-23(17)32(34)35)27-29-22(28(33)38-27)14-20-16-31(21-7-5-4-6-8-21)30-26(20)18-10-12-24(36-2)25(15-18)37-3/h4-16H,1-3H3/b22-14+. The highest BCUT2D eigenvalue weighted by Crippen LogP contribution is 2.34. The summed E-state index contributed by atoms with van der Waals surface area (Å²) in [6, 6.07) is 19.4. The molecule has 0 saturated carbocycles. The summed E-state index contributed by atoms with van der Waals surface area (Å²) in [5.74, 6) is 0.543. The molecule has 0 unspecified atom stereocenters. The number of aryl methyl sites for hydroxylation is 1. The summed E-state index contributed by atoms with van der Waals surface area (Å²) in [6.45, 7) is 1.61. The van der Waals surface area contributed by atoms with Crippen LogP contribution in [0, 0.1) is 17.0 Å². The molecule has 0 spiro atoms. The van der Waals surface area contributed by atoms with Gasteiger partial charge in [-0.15, -0.1) is 0 Å². The van der Waals surface area contributed by atoms with E-state index in [4.69, 9.17) is 19.3 Å². The third kappa shape index (κ3) is 4.62. The molecular weight excluding hydrogens is 488 g/mol. The van der Waals surface area contributed by atoms with Gasteiger partial charge in [-0.2, -0.15) is 5.10 Å². The molecule has 1 aliphatic heterocycles. The lowest BCUT2D eigenvalue weighted by Crippen LogP contribution is -2.06. The van der Waals surface area contributed by atoms with Gasteiger partial charge in [0.2, 0.25) is 5.90 Å². The van der Waals surface area contributed by atoms with Crippen LogP contribution < -0.4 is 9.47 Å². The van der Waals surface area contributed by atoms with Gasteiger partial charge < -0.3 is 14.2 Å². The number of nitrogens with zero attached hydrogens (tertiary/aromatic N) is 4. The van der Waals surface area contributed by atoms with Crippen molar-refractivity contribution in [3.8, 4) is 28.4 Å². The van der Waals surface area contributed by atoms with E-state index in [2.05, 4.69) is 4.99 Å². The van der Waals surface area contributed by atoms with Gasteiger partial charge in [-0.1, -0.05) is 18.2 Å². The Morgan fingerprint density at radius 1 is 0.974 bits per heavy atom. The minimum atomic E-state index is -0.637. The molecule has 0 atom stereocenters. The Balaban J connectivity index is 1.59. The number of aliphatic imine (C=N–C) groups is 1. The topological polar surface area (TPSA) is 118 Å². The van der Waals surface area contributed by atoms with Crippen LogP contribution in [0.25, 0.3) is 23.0 Å². The fraction of sp³-hybridized carbons (Fsp3) is 0.107. The third-order valence-corrected chi connectivity index (χ3v) is 5.97. The van der Waals surface area contributed by atoms with Crippen molar-refractivity contribution in [1.29, 1.82) is 0 Å². The molecule has 10 heteroatoms. The molecule has 2 heterocycles. The first-order valence-electron chi connectivity index (χ1n) is 11.5. The van der Waals surface area contributed by atoms with Crippen LogP contribution in [-0.2, 0) is 9.53 Å². The van der Waals surface area contributed by atoms with Crippen LogP contribution in [-0.4, -0.2) is 40.8 Å². The van der Waals surface area contributed by atoms with E-state index in [-0.39, 0.29) is 17.3 Å². The highest BCUT2D eigenvalue weighted by Gasteiger charge is 2.26. The largest absolute Gasteiger partial charge is 0.493 e. The molecule has 38 heavy (non-hydrogen) atoms. The number of para-hydroxylation sites is 1. The summed E-state index contributed by atoms with van der Waals surface area (Å²) in [4.78, 5) is 27.8. The number of benzene rings is 3. The smallest absolute Gasteiger partial charge is 0.363 e. The second-order valence-corrected chi connectivity index (χ2v) is 8.38. The SMILES string of the molecule is COc1ccc(-c2nn(-c3ccccc3)cc2/C=C2/N=C(c3ccc([N+](=O)[O-])c(C)c3)OC2=O)cc1OC. The molecule has 0 amide bonds. The Morgan fingerprint density at radius 2 is 1.71 bits per heavy atom. The van der Waals surface area contributed by atoms with Crippen molar-refractivity contribution >= 4 is 23.6 Å². The van der Waals surface area contributed by atoms with Gasteiger partial charge in [0, 0.05) is 34.5 Å². The number of nitro benzene ring substituents is 1. The molecule has 0 fully saturated rings. The van der Waals surface area contributed by atoms with Crippen molar-refractivity contribution in [2.45, 2.75) is 6.92 Å². The Bertz CT molecular complexity index is 1620. The van der Waals surface area contributed by atoms with Gasteiger partial charge in [-0.05, 0) is 55.5 Å². The average Bonchev–Trinajstić information content (AvgIpc) is 3.52. The number of aromatic nitrogens is 2. The van der Waals surface area contributed by atoms with Crippen LogP contribution >= 0.6 is 0 Å². The molecule has 190 valence electrons. The molecule has 0 bridgehead atoms. The first-order chi connectivity index (χ1) is 18.4. The number of rotatable bonds is 7. The molecular formula is C28H22N4O6. The van der Waals surface area contributed by atoms with Gasteiger partial charge in [0.05, 0.1) is 24.8 Å². The van der Waals surface area contributed by atoms with Crippen LogP contribution in [0.1, 0.15) is 16.7 Å². The lowest BCUT2D eigenvalue weighted by atomic mass is 10.1. The minimum absolute atomic E-state index is 0.0256. The summed E-state index contributed by atoms with van der Waals surface area (Å²) in [5.41, 5.74) is 3.73. The molecule has 5 rings (SSSR count). The third-order valence-electron chi connectivity index (χ3n) is 5.97. The molecule has 4 aromatic rings. The van der Waals surface area contributed by atoms with E-state index in [1.807, 2.05) is 36.4 Å². The van der Waals surface area contributed by atoms with Crippen molar-refractivity contribution in [2.75, 3.05) is 14.2 Å². The lowest BCUT2D eigenvalue weighted by Gasteiger charge is -2.09. The number of carbonyl (C=O) groups excluding carboxylic acids is 1. The van der Waals surface area contributed by atoms with Gasteiger partial charge >= 0.3 is 5.97 Å². The van der Waals surface area contributed by atoms with Crippen LogP contribution in [0.15, 0.2) is 83.6 Å². The first kappa shape index (κ1) is 24.4. The second kappa shape index (κ2) is 10.0.